The predicted octanol–water partition coefficient (Wildman–Crippen LogP) is 3.15. The number of nitrogens with zero attached hydrogens (tertiary/aromatic N) is 2. The van der Waals surface area contributed by atoms with Crippen molar-refractivity contribution in [3.8, 4) is 11.5 Å². The quantitative estimate of drug-likeness (QED) is 0.695. The molecule has 5 heteroatoms. The van der Waals surface area contributed by atoms with Crippen molar-refractivity contribution in [1.82, 2.24) is 9.97 Å². The predicted molar refractivity (Wildman–Crippen MR) is 84.5 cm³/mol. The Hall–Kier alpha value is -2.95. The number of aldehydes is 1. The highest BCUT2D eigenvalue weighted by Gasteiger charge is 2.05. The van der Waals surface area contributed by atoms with Gasteiger partial charge in [0.2, 0.25) is 0 Å². The van der Waals surface area contributed by atoms with Gasteiger partial charge < -0.3 is 9.47 Å². The van der Waals surface area contributed by atoms with Crippen LogP contribution in [0, 0.1) is 0 Å². The lowest BCUT2D eigenvalue weighted by Gasteiger charge is -2.07. The van der Waals surface area contributed by atoms with E-state index >= 15 is 0 Å². The molecular formula is C17H16N2O3. The number of fused-ring (bicyclic) bond motifs is 1. The third kappa shape index (κ3) is 3.79. The average molecular weight is 296 g/mol. The van der Waals surface area contributed by atoms with Crippen molar-refractivity contribution in [2.24, 2.45) is 0 Å². The second kappa shape index (κ2) is 7.73. The minimum Gasteiger partial charge on any atom is -0.493 e. The molecule has 0 saturated carbocycles. The lowest BCUT2D eigenvalue weighted by molar-refractivity contribution is 0.112. The number of carbonyl (C=O) groups is 1. The molecule has 0 saturated heterocycles. The average Bonchev–Trinajstić information content (AvgIpc) is 2.61. The molecule has 0 aliphatic carbocycles. The number of hydrogen-bond acceptors (Lipinski definition) is 5. The summed E-state index contributed by atoms with van der Waals surface area (Å²) < 4.78 is 10.3. The first-order valence-corrected chi connectivity index (χ1v) is 6.60. The maximum absolute atomic E-state index is 10.0. The molecule has 3 rings (SSSR count). The van der Waals surface area contributed by atoms with Gasteiger partial charge in [-0.25, -0.2) is 9.97 Å². The Balaban J connectivity index is 0.000000188. The smallest absolute Gasteiger partial charge is 0.162 e. The van der Waals surface area contributed by atoms with Crippen molar-refractivity contribution in [3.05, 3.63) is 60.6 Å². The van der Waals surface area contributed by atoms with Crippen LogP contribution < -0.4 is 9.47 Å². The van der Waals surface area contributed by atoms with Crippen molar-refractivity contribution < 1.29 is 14.3 Å². The molecule has 112 valence electrons. The SMILES string of the molecule is COc1cc2cncnc2cc1OC.O=Cc1ccccc1. The van der Waals surface area contributed by atoms with Crippen LogP contribution in [0.2, 0.25) is 0 Å². The molecule has 2 aromatic carbocycles. The number of ether oxygens (including phenoxy) is 2. The minimum absolute atomic E-state index is 0.679. The molecular weight excluding hydrogens is 280 g/mol. The largest absolute Gasteiger partial charge is 0.493 e. The minimum atomic E-state index is 0.679. The molecule has 0 radical (unpaired) electrons. The number of carbonyl (C=O) groups excluding carboxylic acids is 1. The molecule has 0 aliphatic rings. The normalized spacial score (nSPS) is 9.55. The van der Waals surface area contributed by atoms with Gasteiger partial charge in [-0.3, -0.25) is 4.79 Å². The van der Waals surface area contributed by atoms with E-state index in [1.807, 2.05) is 30.3 Å². The van der Waals surface area contributed by atoms with Crippen LogP contribution >= 0.6 is 0 Å². The maximum Gasteiger partial charge on any atom is 0.162 e. The zero-order chi connectivity index (χ0) is 15.8. The molecule has 0 spiro atoms. The highest BCUT2D eigenvalue weighted by molar-refractivity contribution is 5.81. The van der Waals surface area contributed by atoms with Crippen molar-refractivity contribution in [3.63, 3.8) is 0 Å². The molecule has 0 atom stereocenters. The van der Waals surface area contributed by atoms with Gasteiger partial charge in [-0.1, -0.05) is 30.3 Å². The first kappa shape index (κ1) is 15.4. The first-order valence-electron chi connectivity index (χ1n) is 6.60. The summed E-state index contributed by atoms with van der Waals surface area (Å²) in [5.74, 6) is 1.37. The Morgan fingerprint density at radius 1 is 1.00 bits per heavy atom. The van der Waals surface area contributed by atoms with E-state index in [4.69, 9.17) is 9.47 Å². The molecule has 22 heavy (non-hydrogen) atoms. The van der Waals surface area contributed by atoms with E-state index in [2.05, 4.69) is 9.97 Å². The lowest BCUT2D eigenvalue weighted by atomic mass is 10.2. The van der Waals surface area contributed by atoms with Gasteiger partial charge in [0.25, 0.3) is 0 Å². The summed E-state index contributed by atoms with van der Waals surface area (Å²) >= 11 is 0. The van der Waals surface area contributed by atoms with Crippen molar-refractivity contribution in [2.75, 3.05) is 14.2 Å². The highest BCUT2D eigenvalue weighted by Crippen LogP contribution is 2.30. The second-order valence-corrected chi connectivity index (χ2v) is 4.32. The van der Waals surface area contributed by atoms with Gasteiger partial charge in [-0.05, 0) is 6.07 Å². The lowest BCUT2D eigenvalue weighted by Crippen LogP contribution is -1.91. The first-order chi connectivity index (χ1) is 10.8. The Morgan fingerprint density at radius 2 is 1.68 bits per heavy atom. The van der Waals surface area contributed by atoms with Crippen molar-refractivity contribution >= 4 is 17.2 Å². The summed E-state index contributed by atoms with van der Waals surface area (Å²) in [4.78, 5) is 18.1. The van der Waals surface area contributed by atoms with Crippen molar-refractivity contribution in [2.45, 2.75) is 0 Å². The van der Waals surface area contributed by atoms with Crippen LogP contribution in [0.4, 0.5) is 0 Å². The van der Waals surface area contributed by atoms with E-state index in [-0.39, 0.29) is 0 Å². The van der Waals surface area contributed by atoms with Crippen molar-refractivity contribution in [1.29, 1.82) is 0 Å². The zero-order valence-corrected chi connectivity index (χ0v) is 12.4. The zero-order valence-electron chi connectivity index (χ0n) is 12.4. The molecule has 0 aliphatic heterocycles. The van der Waals surface area contributed by atoms with Gasteiger partial charge in [-0.2, -0.15) is 0 Å². The number of benzene rings is 2. The standard InChI is InChI=1S/C10H10N2O2.C7H6O/c1-13-9-3-7-5-11-6-12-8(7)4-10(9)14-2;8-6-7-4-2-1-3-5-7/h3-6H,1-2H3;1-6H. The van der Waals surface area contributed by atoms with Gasteiger partial charge in [0.05, 0.1) is 19.7 Å². The summed E-state index contributed by atoms with van der Waals surface area (Å²) in [6.45, 7) is 0. The number of aromatic nitrogens is 2. The molecule has 0 unspecified atom stereocenters. The monoisotopic (exact) mass is 296 g/mol. The third-order valence-corrected chi connectivity index (χ3v) is 2.95. The molecule has 3 aromatic rings. The number of rotatable bonds is 3. The van der Waals surface area contributed by atoms with E-state index in [0.29, 0.717) is 11.5 Å². The molecule has 0 bridgehead atoms. The number of hydrogen-bond donors (Lipinski definition) is 0. The van der Waals surface area contributed by atoms with Crippen LogP contribution in [0.5, 0.6) is 11.5 Å². The Bertz CT molecular complexity index is 703. The Labute approximate surface area is 128 Å². The third-order valence-electron chi connectivity index (χ3n) is 2.95. The molecule has 1 aromatic heterocycles. The van der Waals surface area contributed by atoms with E-state index in [9.17, 15) is 4.79 Å². The van der Waals surface area contributed by atoms with Crippen LogP contribution in [0.15, 0.2) is 55.0 Å². The fourth-order valence-corrected chi connectivity index (χ4v) is 1.84. The summed E-state index contributed by atoms with van der Waals surface area (Å²) in [6, 6.07) is 12.8. The van der Waals surface area contributed by atoms with Crippen LogP contribution in [-0.4, -0.2) is 30.5 Å². The fourth-order valence-electron chi connectivity index (χ4n) is 1.84. The summed E-state index contributed by atoms with van der Waals surface area (Å²) in [7, 11) is 3.21. The van der Waals surface area contributed by atoms with Gasteiger partial charge in [0, 0.05) is 23.2 Å². The molecule has 0 amide bonds. The fraction of sp³-hybridized carbons (Fsp3) is 0.118. The number of methoxy groups -OCH3 is 2. The second-order valence-electron chi connectivity index (χ2n) is 4.32. The van der Waals surface area contributed by atoms with Gasteiger partial charge >= 0.3 is 0 Å². The highest BCUT2D eigenvalue weighted by atomic mass is 16.5. The van der Waals surface area contributed by atoms with Gasteiger partial charge in [-0.15, -0.1) is 0 Å². The molecule has 0 N–H and O–H groups in total. The Kier molecular flexibility index (Phi) is 5.43. The summed E-state index contributed by atoms with van der Waals surface area (Å²) in [5.41, 5.74) is 1.57. The summed E-state index contributed by atoms with van der Waals surface area (Å²) in [6.07, 6.45) is 4.08. The van der Waals surface area contributed by atoms with Crippen LogP contribution in [0.25, 0.3) is 10.9 Å². The molecule has 5 nitrogen and oxygen atoms in total. The van der Waals surface area contributed by atoms with E-state index in [1.165, 1.54) is 6.33 Å². The van der Waals surface area contributed by atoms with Crippen LogP contribution in [-0.2, 0) is 0 Å². The van der Waals surface area contributed by atoms with E-state index < -0.39 is 0 Å². The summed E-state index contributed by atoms with van der Waals surface area (Å²) in [5, 5.41) is 0.935. The molecule has 0 fully saturated rings. The van der Waals surface area contributed by atoms with Crippen LogP contribution in [0.1, 0.15) is 10.4 Å². The van der Waals surface area contributed by atoms with Crippen LogP contribution in [0.3, 0.4) is 0 Å². The van der Waals surface area contributed by atoms with E-state index in [0.717, 1.165) is 22.8 Å². The molecule has 1 heterocycles. The van der Waals surface area contributed by atoms with E-state index in [1.54, 1.807) is 32.5 Å². The maximum atomic E-state index is 10.0. The van der Waals surface area contributed by atoms with Gasteiger partial charge in [0.15, 0.2) is 11.5 Å². The topological polar surface area (TPSA) is 61.3 Å². The Morgan fingerprint density at radius 3 is 2.27 bits per heavy atom. The van der Waals surface area contributed by atoms with Gasteiger partial charge in [0.1, 0.15) is 12.6 Å².